The van der Waals surface area contributed by atoms with Crippen molar-refractivity contribution in [1.29, 1.82) is 0 Å². The number of nitrogens with zero attached hydrogens (tertiary/aromatic N) is 3. The molecule has 0 spiro atoms. The Morgan fingerprint density at radius 2 is 1.72 bits per heavy atom. The van der Waals surface area contributed by atoms with E-state index in [0.29, 0.717) is 33.9 Å². The quantitative estimate of drug-likeness (QED) is 0.259. The van der Waals surface area contributed by atoms with Crippen LogP contribution in [0.1, 0.15) is 15.9 Å². The molecule has 10 heteroatoms. The maximum atomic E-state index is 13.5. The lowest BCUT2D eigenvalue weighted by Crippen LogP contribution is -2.47. The van der Waals surface area contributed by atoms with Crippen LogP contribution in [-0.2, 0) is 10.9 Å². The van der Waals surface area contributed by atoms with Crippen LogP contribution in [0.4, 0.5) is 30.2 Å². The summed E-state index contributed by atoms with van der Waals surface area (Å²) in [6.07, 6.45) is -3.22. The number of rotatable bonds is 7. The van der Waals surface area contributed by atoms with Crippen LogP contribution >= 0.6 is 11.6 Å². The second kappa shape index (κ2) is 11.5. The number of alkyl halides is 3. The highest BCUT2D eigenvalue weighted by Crippen LogP contribution is 2.36. The number of carbonyl (C=O) groups is 1. The lowest BCUT2D eigenvalue weighted by Gasteiger charge is -2.36. The second-order valence-electron chi connectivity index (χ2n) is 9.17. The third-order valence-corrected chi connectivity index (χ3v) is 6.91. The predicted molar refractivity (Wildman–Crippen MR) is 147 cm³/mol. The summed E-state index contributed by atoms with van der Waals surface area (Å²) in [5, 5.41) is 4.11. The topological polar surface area (TPSA) is 57.7 Å². The number of para-hydroxylation sites is 2. The third kappa shape index (κ3) is 6.26. The highest BCUT2D eigenvalue weighted by molar-refractivity contribution is 6.30. The second-order valence-corrected chi connectivity index (χ2v) is 9.61. The number of pyridine rings is 1. The third-order valence-electron chi connectivity index (χ3n) is 6.68. The van der Waals surface area contributed by atoms with Crippen LogP contribution < -0.4 is 10.2 Å². The molecule has 4 aromatic rings. The predicted octanol–water partition coefficient (Wildman–Crippen LogP) is 6.63. The van der Waals surface area contributed by atoms with Gasteiger partial charge < -0.3 is 15.0 Å². The summed E-state index contributed by atoms with van der Waals surface area (Å²) in [7, 11) is 0. The van der Waals surface area contributed by atoms with Crippen molar-refractivity contribution >= 4 is 45.5 Å². The summed E-state index contributed by atoms with van der Waals surface area (Å²) in [5.74, 6) is -0.509. The van der Waals surface area contributed by atoms with Gasteiger partial charge in [0.1, 0.15) is 6.61 Å². The van der Waals surface area contributed by atoms with Crippen molar-refractivity contribution in [3.63, 3.8) is 0 Å². The highest BCUT2D eigenvalue weighted by atomic mass is 35.5. The van der Waals surface area contributed by atoms with Crippen molar-refractivity contribution in [2.24, 2.45) is 0 Å². The summed E-state index contributed by atoms with van der Waals surface area (Å²) in [5.41, 5.74) is 1.25. The fourth-order valence-electron chi connectivity index (χ4n) is 4.68. The van der Waals surface area contributed by atoms with Gasteiger partial charge in [-0.1, -0.05) is 41.9 Å². The molecule has 202 valence electrons. The van der Waals surface area contributed by atoms with Gasteiger partial charge in [0.15, 0.2) is 0 Å². The number of benzene rings is 3. The summed E-state index contributed by atoms with van der Waals surface area (Å²) in [6, 6.07) is 20.0. The van der Waals surface area contributed by atoms with Gasteiger partial charge in [0.05, 0.1) is 22.3 Å². The van der Waals surface area contributed by atoms with E-state index in [0.717, 1.165) is 37.9 Å². The Morgan fingerprint density at radius 1 is 0.949 bits per heavy atom. The zero-order valence-corrected chi connectivity index (χ0v) is 21.7. The van der Waals surface area contributed by atoms with E-state index in [-0.39, 0.29) is 12.1 Å². The van der Waals surface area contributed by atoms with Crippen LogP contribution in [0.2, 0.25) is 5.02 Å². The largest absolute Gasteiger partial charge is 0.461 e. The molecule has 0 amide bonds. The van der Waals surface area contributed by atoms with E-state index in [2.05, 4.69) is 20.1 Å². The molecule has 1 fully saturated rings. The number of esters is 1. The first-order valence-corrected chi connectivity index (χ1v) is 12.9. The van der Waals surface area contributed by atoms with Crippen LogP contribution in [-0.4, -0.2) is 55.2 Å². The number of hydrogen-bond acceptors (Lipinski definition) is 6. The van der Waals surface area contributed by atoms with E-state index in [1.165, 1.54) is 12.3 Å². The van der Waals surface area contributed by atoms with Gasteiger partial charge in [-0.2, -0.15) is 13.2 Å². The minimum absolute atomic E-state index is 0.162. The maximum Gasteiger partial charge on any atom is 0.418 e. The molecule has 0 bridgehead atoms. The van der Waals surface area contributed by atoms with Crippen LogP contribution in [0.15, 0.2) is 79.0 Å². The molecule has 1 saturated heterocycles. The van der Waals surface area contributed by atoms with E-state index in [9.17, 15) is 18.0 Å². The molecule has 1 aliphatic rings. The number of carbonyl (C=O) groups excluding carboxylic acids is 1. The van der Waals surface area contributed by atoms with Gasteiger partial charge in [-0.3, -0.25) is 9.88 Å². The number of halogens is 4. The lowest BCUT2D eigenvalue weighted by molar-refractivity contribution is -0.136. The summed E-state index contributed by atoms with van der Waals surface area (Å²) in [4.78, 5) is 21.4. The van der Waals surface area contributed by atoms with Gasteiger partial charge in [-0.05, 0) is 42.5 Å². The number of hydrogen-bond donors (Lipinski definition) is 1. The molecular weight excluding hydrogens is 529 g/mol. The Labute approximate surface area is 229 Å². The van der Waals surface area contributed by atoms with Crippen molar-refractivity contribution in [2.75, 3.05) is 49.5 Å². The number of ether oxygens (including phenoxy) is 1. The van der Waals surface area contributed by atoms with Gasteiger partial charge in [0.2, 0.25) is 0 Å². The Morgan fingerprint density at radius 3 is 2.49 bits per heavy atom. The zero-order valence-electron chi connectivity index (χ0n) is 20.9. The van der Waals surface area contributed by atoms with E-state index < -0.39 is 17.7 Å². The van der Waals surface area contributed by atoms with E-state index in [4.69, 9.17) is 16.3 Å². The first-order valence-electron chi connectivity index (χ1n) is 12.5. The normalized spacial score (nSPS) is 14.4. The monoisotopic (exact) mass is 554 g/mol. The minimum Gasteiger partial charge on any atom is -0.461 e. The fourth-order valence-corrected chi connectivity index (χ4v) is 4.86. The molecule has 6 nitrogen and oxygen atoms in total. The molecule has 1 N–H and O–H groups in total. The fraction of sp³-hybridized carbons (Fsp3) is 0.241. The van der Waals surface area contributed by atoms with E-state index in [1.54, 1.807) is 36.4 Å². The molecule has 0 aliphatic carbocycles. The van der Waals surface area contributed by atoms with Gasteiger partial charge in [0.25, 0.3) is 0 Å². The maximum absolute atomic E-state index is 13.5. The SMILES string of the molecule is O=C(OCCN1CCN(c2cccc(Cl)c2)CC1)c1ccccc1Nc1ccnc2c(C(F)(F)F)cccc12. The molecular formula is C29H26ClF3N4O2. The Balaban J connectivity index is 1.21. The highest BCUT2D eigenvalue weighted by Gasteiger charge is 2.33. The average molecular weight is 555 g/mol. The van der Waals surface area contributed by atoms with Crippen molar-refractivity contribution in [3.05, 3.63) is 95.1 Å². The minimum atomic E-state index is -4.53. The van der Waals surface area contributed by atoms with Gasteiger partial charge in [0, 0.05) is 60.7 Å². The summed E-state index contributed by atoms with van der Waals surface area (Å²) < 4.78 is 46.0. The Hall–Kier alpha value is -3.82. The molecule has 0 saturated carbocycles. The molecule has 5 rings (SSSR count). The molecule has 1 aliphatic heterocycles. The van der Waals surface area contributed by atoms with Crippen LogP contribution in [0.5, 0.6) is 0 Å². The first-order chi connectivity index (χ1) is 18.8. The standard InChI is InChI=1S/C29H26ClF3N4O2/c30-20-5-3-6-21(19-20)37-15-13-36(14-16-37)17-18-39-28(38)23-7-1-2-10-25(23)35-26-11-12-34-27-22(26)8-4-9-24(27)29(31,32)33/h1-12,19H,13-18H2,(H,34,35). The van der Waals surface area contributed by atoms with Gasteiger partial charge >= 0.3 is 12.1 Å². The zero-order chi connectivity index (χ0) is 27.4. The number of piperazine rings is 1. The lowest BCUT2D eigenvalue weighted by atomic mass is 10.1. The summed E-state index contributed by atoms with van der Waals surface area (Å²) in [6.45, 7) is 4.17. The van der Waals surface area contributed by atoms with Crippen molar-refractivity contribution < 1.29 is 22.7 Å². The van der Waals surface area contributed by atoms with Gasteiger partial charge in [-0.25, -0.2) is 4.79 Å². The molecule has 0 radical (unpaired) electrons. The van der Waals surface area contributed by atoms with Crippen molar-refractivity contribution in [2.45, 2.75) is 6.18 Å². The van der Waals surface area contributed by atoms with Crippen molar-refractivity contribution in [1.82, 2.24) is 9.88 Å². The first kappa shape index (κ1) is 26.8. The molecule has 2 heterocycles. The molecule has 0 unspecified atom stereocenters. The summed E-state index contributed by atoms with van der Waals surface area (Å²) >= 11 is 6.11. The molecule has 3 aromatic carbocycles. The smallest absolute Gasteiger partial charge is 0.418 e. The number of anilines is 3. The number of aromatic nitrogens is 1. The molecule has 0 atom stereocenters. The van der Waals surface area contributed by atoms with E-state index >= 15 is 0 Å². The van der Waals surface area contributed by atoms with Gasteiger partial charge in [-0.15, -0.1) is 0 Å². The van der Waals surface area contributed by atoms with E-state index in [1.807, 2.05) is 24.3 Å². The molecule has 1 aromatic heterocycles. The molecule has 39 heavy (non-hydrogen) atoms. The van der Waals surface area contributed by atoms with Crippen LogP contribution in [0.3, 0.4) is 0 Å². The average Bonchev–Trinajstić information content (AvgIpc) is 2.93. The Bertz CT molecular complexity index is 1470. The van der Waals surface area contributed by atoms with Crippen LogP contribution in [0.25, 0.3) is 10.9 Å². The Kier molecular flexibility index (Phi) is 7.90. The van der Waals surface area contributed by atoms with Crippen LogP contribution in [0, 0.1) is 0 Å². The number of nitrogens with one attached hydrogen (secondary N) is 1. The van der Waals surface area contributed by atoms with Crippen molar-refractivity contribution in [3.8, 4) is 0 Å². The number of fused-ring (bicyclic) bond motifs is 1.